The molecule has 1 aromatic carbocycles. The van der Waals surface area contributed by atoms with E-state index in [1.54, 1.807) is 6.20 Å². The van der Waals surface area contributed by atoms with Gasteiger partial charge in [-0.3, -0.25) is 0 Å². The number of hydrogen-bond acceptors (Lipinski definition) is 3. The number of benzene rings is 1. The summed E-state index contributed by atoms with van der Waals surface area (Å²) in [4.78, 5) is 0. The van der Waals surface area contributed by atoms with Crippen molar-refractivity contribution in [3.8, 4) is 0 Å². The number of nitrogens with two attached hydrogens (primary N) is 1. The van der Waals surface area contributed by atoms with Crippen molar-refractivity contribution in [1.29, 1.82) is 0 Å². The van der Waals surface area contributed by atoms with Crippen LogP contribution in [0.1, 0.15) is 5.56 Å². The minimum atomic E-state index is 0.657. The van der Waals surface area contributed by atoms with Crippen molar-refractivity contribution in [3.05, 3.63) is 30.0 Å². The molecule has 0 atom stereocenters. The van der Waals surface area contributed by atoms with Crippen LogP contribution in [-0.4, -0.2) is 11.7 Å². The second-order valence-corrected chi connectivity index (χ2v) is 2.69. The van der Waals surface area contributed by atoms with Crippen molar-refractivity contribution in [3.63, 3.8) is 0 Å². The van der Waals surface area contributed by atoms with E-state index in [2.05, 4.69) is 5.16 Å². The number of aromatic nitrogens is 1. The summed E-state index contributed by atoms with van der Waals surface area (Å²) in [6, 6.07) is 5.91. The van der Waals surface area contributed by atoms with Gasteiger partial charge in [-0.05, 0) is 24.6 Å². The molecule has 12 heavy (non-hydrogen) atoms. The van der Waals surface area contributed by atoms with Gasteiger partial charge < -0.3 is 10.3 Å². The molecule has 0 unspecified atom stereocenters. The maximum absolute atomic E-state index is 5.47. The predicted octanol–water partition coefficient (Wildman–Crippen LogP) is 1.33. The lowest BCUT2D eigenvalue weighted by Crippen LogP contribution is -2.02. The Bertz CT molecular complexity index is 381. The van der Waals surface area contributed by atoms with Crippen molar-refractivity contribution >= 4 is 11.0 Å². The van der Waals surface area contributed by atoms with Crippen molar-refractivity contribution in [1.82, 2.24) is 5.16 Å². The van der Waals surface area contributed by atoms with E-state index < -0.39 is 0 Å². The highest BCUT2D eigenvalue weighted by molar-refractivity contribution is 5.79. The van der Waals surface area contributed by atoms with Gasteiger partial charge in [0, 0.05) is 5.39 Å². The summed E-state index contributed by atoms with van der Waals surface area (Å²) in [6.45, 7) is 0.657. The lowest BCUT2D eigenvalue weighted by molar-refractivity contribution is 0.456. The van der Waals surface area contributed by atoms with Crippen LogP contribution in [0, 0.1) is 0 Å². The fraction of sp³-hybridized carbons (Fsp3) is 0.222. The SMILES string of the molecule is NCCc1cccc2oncc12. The van der Waals surface area contributed by atoms with E-state index in [0.717, 1.165) is 17.4 Å². The highest BCUT2D eigenvalue weighted by Crippen LogP contribution is 2.17. The molecular formula is C9H10N2O. The Morgan fingerprint density at radius 1 is 1.42 bits per heavy atom. The van der Waals surface area contributed by atoms with Gasteiger partial charge in [-0.15, -0.1) is 0 Å². The van der Waals surface area contributed by atoms with Gasteiger partial charge in [0.25, 0.3) is 0 Å². The molecule has 0 fully saturated rings. The summed E-state index contributed by atoms with van der Waals surface area (Å²) in [5.74, 6) is 0. The lowest BCUT2D eigenvalue weighted by Gasteiger charge is -1.97. The molecule has 3 nitrogen and oxygen atoms in total. The first kappa shape index (κ1) is 7.31. The van der Waals surface area contributed by atoms with E-state index in [1.807, 2.05) is 18.2 Å². The fourth-order valence-electron chi connectivity index (χ4n) is 1.32. The van der Waals surface area contributed by atoms with Crippen LogP contribution in [0.5, 0.6) is 0 Å². The van der Waals surface area contributed by atoms with E-state index in [0.29, 0.717) is 6.54 Å². The zero-order chi connectivity index (χ0) is 8.39. The Kier molecular flexibility index (Phi) is 1.80. The summed E-state index contributed by atoms with van der Waals surface area (Å²) < 4.78 is 5.01. The molecule has 0 radical (unpaired) electrons. The molecule has 0 saturated carbocycles. The van der Waals surface area contributed by atoms with E-state index in [4.69, 9.17) is 10.3 Å². The summed E-state index contributed by atoms with van der Waals surface area (Å²) in [6.07, 6.45) is 2.61. The van der Waals surface area contributed by atoms with Crippen LogP contribution in [-0.2, 0) is 6.42 Å². The van der Waals surface area contributed by atoms with Crippen LogP contribution >= 0.6 is 0 Å². The zero-order valence-corrected chi connectivity index (χ0v) is 6.66. The van der Waals surface area contributed by atoms with Crippen molar-refractivity contribution < 1.29 is 4.52 Å². The first-order chi connectivity index (χ1) is 5.92. The third kappa shape index (κ3) is 1.08. The quantitative estimate of drug-likeness (QED) is 0.724. The standard InChI is InChI=1S/C9H10N2O/c10-5-4-7-2-1-3-9-8(7)6-11-12-9/h1-3,6H,4-5,10H2. The summed E-state index contributed by atoms with van der Waals surface area (Å²) >= 11 is 0. The molecule has 0 saturated heterocycles. The van der Waals surface area contributed by atoms with Crippen molar-refractivity contribution in [2.24, 2.45) is 5.73 Å². The van der Waals surface area contributed by atoms with Gasteiger partial charge >= 0.3 is 0 Å². The highest BCUT2D eigenvalue weighted by Gasteiger charge is 2.02. The van der Waals surface area contributed by atoms with Crippen LogP contribution in [0.2, 0.25) is 0 Å². The van der Waals surface area contributed by atoms with Crippen LogP contribution in [0.25, 0.3) is 11.0 Å². The second-order valence-electron chi connectivity index (χ2n) is 2.69. The summed E-state index contributed by atoms with van der Waals surface area (Å²) in [5, 5.41) is 4.80. The van der Waals surface area contributed by atoms with E-state index >= 15 is 0 Å². The Hall–Kier alpha value is -1.35. The molecule has 2 rings (SSSR count). The van der Waals surface area contributed by atoms with Gasteiger partial charge in [0.1, 0.15) is 0 Å². The minimum absolute atomic E-state index is 0.657. The van der Waals surface area contributed by atoms with Gasteiger partial charge in [0.15, 0.2) is 5.58 Å². The van der Waals surface area contributed by atoms with Gasteiger partial charge in [0.2, 0.25) is 0 Å². The molecule has 0 amide bonds. The maximum atomic E-state index is 5.47. The molecule has 0 bridgehead atoms. The topological polar surface area (TPSA) is 52.0 Å². The maximum Gasteiger partial charge on any atom is 0.167 e. The van der Waals surface area contributed by atoms with Crippen LogP contribution in [0.4, 0.5) is 0 Å². The van der Waals surface area contributed by atoms with Gasteiger partial charge in [-0.1, -0.05) is 17.3 Å². The number of rotatable bonds is 2. The summed E-state index contributed by atoms with van der Waals surface area (Å²) in [7, 11) is 0. The molecular weight excluding hydrogens is 152 g/mol. The Morgan fingerprint density at radius 2 is 2.33 bits per heavy atom. The van der Waals surface area contributed by atoms with Gasteiger partial charge in [0.05, 0.1) is 6.20 Å². The van der Waals surface area contributed by atoms with E-state index in [-0.39, 0.29) is 0 Å². The average Bonchev–Trinajstić information content (AvgIpc) is 2.53. The minimum Gasteiger partial charge on any atom is -0.356 e. The molecule has 0 spiro atoms. The Morgan fingerprint density at radius 3 is 3.17 bits per heavy atom. The smallest absolute Gasteiger partial charge is 0.167 e. The van der Waals surface area contributed by atoms with E-state index in [9.17, 15) is 0 Å². The van der Waals surface area contributed by atoms with Crippen LogP contribution < -0.4 is 5.73 Å². The largest absolute Gasteiger partial charge is 0.356 e. The average molecular weight is 162 g/mol. The summed E-state index contributed by atoms with van der Waals surface area (Å²) in [5.41, 5.74) is 7.51. The molecule has 2 N–H and O–H groups in total. The highest BCUT2D eigenvalue weighted by atomic mass is 16.5. The number of fused-ring (bicyclic) bond motifs is 1. The lowest BCUT2D eigenvalue weighted by atomic mass is 10.1. The van der Waals surface area contributed by atoms with Gasteiger partial charge in [-0.2, -0.15) is 0 Å². The molecule has 62 valence electrons. The first-order valence-corrected chi connectivity index (χ1v) is 3.94. The Balaban J connectivity index is 2.57. The van der Waals surface area contributed by atoms with Crippen molar-refractivity contribution in [2.45, 2.75) is 6.42 Å². The molecule has 0 aliphatic rings. The van der Waals surface area contributed by atoms with Crippen LogP contribution in [0.3, 0.4) is 0 Å². The Labute approximate surface area is 70.1 Å². The van der Waals surface area contributed by atoms with Crippen molar-refractivity contribution in [2.75, 3.05) is 6.54 Å². The number of nitrogens with zero attached hydrogens (tertiary/aromatic N) is 1. The second kappa shape index (κ2) is 2.95. The first-order valence-electron chi connectivity index (χ1n) is 3.94. The molecule has 0 aliphatic heterocycles. The monoisotopic (exact) mass is 162 g/mol. The molecule has 1 heterocycles. The molecule has 0 aliphatic carbocycles. The third-order valence-corrected chi connectivity index (χ3v) is 1.90. The third-order valence-electron chi connectivity index (χ3n) is 1.90. The van der Waals surface area contributed by atoms with Gasteiger partial charge in [-0.25, -0.2) is 0 Å². The molecule has 3 heteroatoms. The zero-order valence-electron chi connectivity index (χ0n) is 6.66. The van der Waals surface area contributed by atoms with Crippen LogP contribution in [0.15, 0.2) is 28.9 Å². The molecule has 2 aromatic rings. The molecule has 1 aromatic heterocycles. The normalized spacial score (nSPS) is 10.8. The number of hydrogen-bond donors (Lipinski definition) is 1. The predicted molar refractivity (Wildman–Crippen MR) is 46.8 cm³/mol. The van der Waals surface area contributed by atoms with E-state index in [1.165, 1.54) is 5.56 Å². The fourth-order valence-corrected chi connectivity index (χ4v) is 1.32.